The van der Waals surface area contributed by atoms with Crippen LogP contribution in [0.25, 0.3) is 100 Å². The molecule has 0 saturated heterocycles. The molecule has 132 heavy (non-hydrogen) atoms. The van der Waals surface area contributed by atoms with Crippen LogP contribution in [0.4, 0.5) is 0 Å². The fourth-order valence-corrected chi connectivity index (χ4v) is 13.7. The molecule has 0 spiro atoms. The number of nitrogens with one attached hydrogen (secondary N) is 4. The van der Waals surface area contributed by atoms with E-state index in [1.165, 1.54) is 60.7 Å². The van der Waals surface area contributed by atoms with Gasteiger partial charge in [-0.1, -0.05) is 0 Å². The summed E-state index contributed by atoms with van der Waals surface area (Å²) in [5, 5.41) is 174. The summed E-state index contributed by atoms with van der Waals surface area (Å²) in [4.78, 5) is 113. The molecule has 40 heteroatoms. The number of fused-ring (bicyclic) bond motifs is 4. The second kappa shape index (κ2) is 39.7. The standard InChI is InChI=1S/C92H78N4O36/c97-53-35-65(109)73-69(39-53)129-81(43-1-5-57(101)61(105)31-43)85(77(73)113)125-21-17-121-13-9-93-89(117)49-25-47(26-50(29-49)90(118)94-10-14-122-18-22-126-86-78(114)74-66(110)36-54(98)40-70(74)130-82(86)44-2-6-58(102)62(106)32-44)48-27-51(91(119)95-11-15-123-19-23-127-87-79(115)75-67(111)37-55(99)41-71(75)131-83(87)45-3-7-59(103)63(107)33-45)30-52(28-48)92(120)96-12-16-124-20-24-128-88-80(116)76-68(112)38-56(100)42-72(76)132-84(88)46-4-8-60(104)64(108)34-46/h1-8,25-42,97-112H,9-24H2,(H,93,117)(H,94,118)(H,95,119)(H,96,120). The highest BCUT2D eigenvalue weighted by atomic mass is 16.6. The Morgan fingerprint density at radius 1 is 0.227 bits per heavy atom. The van der Waals surface area contributed by atoms with Gasteiger partial charge in [-0.25, -0.2) is 0 Å². The van der Waals surface area contributed by atoms with Gasteiger partial charge in [-0.3, -0.25) is 38.4 Å². The van der Waals surface area contributed by atoms with Crippen molar-refractivity contribution in [2.24, 2.45) is 0 Å². The summed E-state index contributed by atoms with van der Waals surface area (Å²) >= 11 is 0. The topological polar surface area (TPSA) is 635 Å². The Labute approximate surface area is 739 Å². The van der Waals surface area contributed by atoms with Crippen molar-refractivity contribution in [1.29, 1.82) is 0 Å². The van der Waals surface area contributed by atoms with Crippen molar-refractivity contribution >= 4 is 67.5 Å². The Morgan fingerprint density at radius 3 is 0.644 bits per heavy atom. The number of carbonyl (C=O) groups is 4. The lowest BCUT2D eigenvalue weighted by molar-refractivity contribution is 0.0854. The molecule has 4 amide bonds. The van der Waals surface area contributed by atoms with Crippen LogP contribution in [0.5, 0.6) is 115 Å². The summed E-state index contributed by atoms with van der Waals surface area (Å²) in [5.41, 5.74) is -5.00. The van der Waals surface area contributed by atoms with Gasteiger partial charge < -0.3 is 159 Å². The van der Waals surface area contributed by atoms with E-state index in [4.69, 9.17) is 55.6 Å². The molecule has 0 atom stereocenters. The predicted molar refractivity (Wildman–Crippen MR) is 465 cm³/mol. The highest BCUT2D eigenvalue weighted by Gasteiger charge is 2.29. The summed E-state index contributed by atoms with van der Waals surface area (Å²) in [6.45, 7) is -4.29. The number of ether oxygens (including phenoxy) is 8. The van der Waals surface area contributed by atoms with Crippen molar-refractivity contribution in [2.75, 3.05) is 105 Å². The first-order valence-corrected chi connectivity index (χ1v) is 39.8. The minimum absolute atomic E-state index is 0.0451. The zero-order valence-corrected chi connectivity index (χ0v) is 68.6. The van der Waals surface area contributed by atoms with E-state index in [2.05, 4.69) is 21.3 Å². The second-order valence-electron chi connectivity index (χ2n) is 29.0. The van der Waals surface area contributed by atoms with Crippen LogP contribution >= 0.6 is 0 Å². The van der Waals surface area contributed by atoms with E-state index in [0.29, 0.717) is 0 Å². The van der Waals surface area contributed by atoms with Crippen LogP contribution in [-0.4, -0.2) is 211 Å². The van der Waals surface area contributed by atoms with Crippen LogP contribution < -0.4 is 61.9 Å². The van der Waals surface area contributed by atoms with Crippen molar-refractivity contribution in [3.63, 3.8) is 0 Å². The van der Waals surface area contributed by atoms with E-state index < -0.39 is 160 Å². The highest BCUT2D eigenvalue weighted by molar-refractivity contribution is 6.05. The first-order chi connectivity index (χ1) is 63.4. The van der Waals surface area contributed by atoms with Crippen LogP contribution in [-0.2, 0) is 18.9 Å². The van der Waals surface area contributed by atoms with E-state index in [1.54, 1.807) is 0 Å². The monoisotopic (exact) mass is 1810 g/mol. The number of phenolic OH excluding ortho intramolecular Hbond substituents is 16. The number of aromatic hydroxyl groups is 16. The average molecular weight is 1820 g/mol. The van der Waals surface area contributed by atoms with Crippen molar-refractivity contribution in [2.45, 2.75) is 0 Å². The summed E-state index contributed by atoms with van der Waals surface area (Å²) in [6.07, 6.45) is 0. The predicted octanol–water partition coefficient (Wildman–Crippen LogP) is 9.04. The highest BCUT2D eigenvalue weighted by Crippen LogP contribution is 2.45. The fraction of sp³-hybridized carbons (Fsp3) is 0.174. The number of hydrogen-bond acceptors (Lipinski definition) is 36. The molecule has 0 unspecified atom stereocenters. The van der Waals surface area contributed by atoms with Crippen LogP contribution in [0, 0.1) is 0 Å². The Hall–Kier alpha value is -17.2. The number of carbonyl (C=O) groups excluding carboxylic acids is 4. The van der Waals surface area contributed by atoms with Gasteiger partial charge in [0.1, 0.15) is 116 Å². The number of hydrogen-bond donors (Lipinski definition) is 20. The van der Waals surface area contributed by atoms with Gasteiger partial charge in [0.2, 0.25) is 44.7 Å². The van der Waals surface area contributed by atoms with Crippen LogP contribution in [0.3, 0.4) is 0 Å². The Bertz CT molecular complexity index is 6290. The molecule has 0 fully saturated rings. The summed E-state index contributed by atoms with van der Waals surface area (Å²) in [6, 6.07) is 29.7. The zero-order chi connectivity index (χ0) is 93.9. The summed E-state index contributed by atoms with van der Waals surface area (Å²) in [7, 11) is 0. The molecule has 682 valence electrons. The van der Waals surface area contributed by atoms with E-state index in [1.807, 2.05) is 0 Å². The van der Waals surface area contributed by atoms with E-state index in [9.17, 15) is 120 Å². The van der Waals surface area contributed by atoms with Gasteiger partial charge in [0.25, 0.3) is 23.6 Å². The molecule has 4 aromatic heterocycles. The maximum Gasteiger partial charge on any atom is 0.251 e. The molecule has 10 aromatic carbocycles. The van der Waals surface area contributed by atoms with E-state index in [-0.39, 0.29) is 228 Å². The van der Waals surface area contributed by atoms with Gasteiger partial charge in [-0.2, -0.15) is 0 Å². The average Bonchev–Trinajstić information content (AvgIpc) is 0.771. The Balaban J connectivity index is 0.694. The van der Waals surface area contributed by atoms with Crippen LogP contribution in [0.2, 0.25) is 0 Å². The molecule has 0 bridgehead atoms. The molecular formula is C92H78N4O36. The molecule has 14 rings (SSSR count). The van der Waals surface area contributed by atoms with Gasteiger partial charge in [0.05, 0.1) is 52.9 Å². The number of benzene rings is 10. The third-order valence-corrected chi connectivity index (χ3v) is 19.9. The molecule has 0 aliphatic heterocycles. The van der Waals surface area contributed by atoms with Crippen molar-refractivity contribution in [3.8, 4) is 171 Å². The van der Waals surface area contributed by atoms with Crippen LogP contribution in [0.1, 0.15) is 41.4 Å². The van der Waals surface area contributed by atoms with Gasteiger partial charge in [0.15, 0.2) is 69.0 Å². The molecule has 20 N–H and O–H groups in total. The molecule has 0 radical (unpaired) electrons. The Kier molecular flexibility index (Phi) is 27.4. The second-order valence-corrected chi connectivity index (χ2v) is 29.0. The lowest BCUT2D eigenvalue weighted by atomic mass is 9.95. The first kappa shape index (κ1) is 91.0. The molecule has 0 saturated carbocycles. The molecular weight excluding hydrogens is 1740 g/mol. The van der Waals surface area contributed by atoms with E-state index >= 15 is 0 Å². The lowest BCUT2D eigenvalue weighted by Gasteiger charge is -2.15. The summed E-state index contributed by atoms with van der Waals surface area (Å²) < 4.78 is 70.0. The fourth-order valence-electron chi connectivity index (χ4n) is 13.7. The van der Waals surface area contributed by atoms with Gasteiger partial charge in [-0.05, 0) is 120 Å². The van der Waals surface area contributed by atoms with E-state index in [0.717, 1.165) is 97.1 Å². The van der Waals surface area contributed by atoms with Gasteiger partial charge in [0, 0.05) is 119 Å². The third-order valence-electron chi connectivity index (χ3n) is 19.9. The van der Waals surface area contributed by atoms with Gasteiger partial charge in [-0.15, -0.1) is 0 Å². The molecule has 0 aliphatic carbocycles. The maximum atomic E-state index is 14.5. The zero-order valence-electron chi connectivity index (χ0n) is 68.6. The first-order valence-electron chi connectivity index (χ1n) is 39.8. The molecule has 14 aromatic rings. The van der Waals surface area contributed by atoms with Crippen molar-refractivity contribution < 1.29 is 156 Å². The van der Waals surface area contributed by atoms with Crippen LogP contribution in [0.15, 0.2) is 195 Å². The SMILES string of the molecule is O=C(NCCOCCOc1c(-c2ccc(O)c(O)c2)oc2cc(O)cc(O)c2c1=O)c1cc(C(=O)NCCOCCOc2c(-c3ccc(O)c(O)c3)oc3cc(O)cc(O)c3c2=O)cc(-c2cc(C(=O)NCCOCCOc3c(-c4ccc(O)c(O)c4)oc4cc(O)cc(O)c4c3=O)cc(C(=O)NCCOCCOc3c(-c4ccc(O)c(O)c4)oc4cc(O)cc(O)c4c3=O)c2)c1. The molecule has 4 heterocycles. The summed E-state index contributed by atoms with van der Waals surface area (Å²) in [5.74, 6) is -14.9. The smallest absolute Gasteiger partial charge is 0.251 e. The van der Waals surface area contributed by atoms with Crippen molar-refractivity contribution in [3.05, 3.63) is 221 Å². The Morgan fingerprint density at radius 2 is 0.439 bits per heavy atom. The normalized spacial score (nSPS) is 11.3. The molecule has 40 nitrogen and oxygen atoms in total. The number of phenols is 16. The number of amides is 4. The minimum Gasteiger partial charge on any atom is -0.508 e. The molecule has 0 aliphatic rings. The third kappa shape index (κ3) is 20.4. The maximum absolute atomic E-state index is 14.5. The lowest BCUT2D eigenvalue weighted by Crippen LogP contribution is -2.30. The largest absolute Gasteiger partial charge is 0.508 e. The van der Waals surface area contributed by atoms with Crippen molar-refractivity contribution in [1.82, 2.24) is 21.3 Å². The van der Waals surface area contributed by atoms with Gasteiger partial charge >= 0.3 is 0 Å². The number of rotatable bonds is 37. The minimum atomic E-state index is -0.887. The quantitative estimate of drug-likeness (QED) is 0.0127.